The molecule has 0 amide bonds. The Morgan fingerprint density at radius 2 is 1.54 bits per heavy atom. The molecule has 0 saturated heterocycles. The number of pyridine rings is 1. The summed E-state index contributed by atoms with van der Waals surface area (Å²) in [4.78, 5) is 0. The number of nitrogens with zero attached hydrogens (tertiary/aromatic N) is 2. The molecule has 0 N–H and O–H groups in total. The van der Waals surface area contributed by atoms with Gasteiger partial charge in [0.1, 0.15) is 24.0 Å². The van der Waals surface area contributed by atoms with Gasteiger partial charge in [-0.15, -0.1) is 0 Å². The summed E-state index contributed by atoms with van der Waals surface area (Å²) in [6.45, 7) is 3.81. The Labute approximate surface area is 216 Å². The second-order valence-electron chi connectivity index (χ2n) is 10.5. The number of halogens is 1. The van der Waals surface area contributed by atoms with Crippen molar-refractivity contribution in [1.82, 2.24) is 0 Å². The molecule has 0 bridgehead atoms. The Morgan fingerprint density at radius 1 is 0.865 bits per heavy atom. The standard InChI is InChI=1S/C33H30FN2O/c1-20-9-15-26-27-16-14-25(18-35)31(24-12-10-23(11-13-24)22-7-5-4-6-8-22)33(27)37-32(26)30(20)29-17-28(34)21(2)19-36(29)3/h4-9,14-17,19,23-24H,10-13H2,1-3H3/q+1. The second kappa shape index (κ2) is 9.16. The molecule has 3 nitrogen and oxygen atoms in total. The number of benzene rings is 3. The lowest BCUT2D eigenvalue weighted by Crippen LogP contribution is -2.31. The predicted molar refractivity (Wildman–Crippen MR) is 145 cm³/mol. The van der Waals surface area contributed by atoms with Crippen LogP contribution in [0.25, 0.3) is 33.2 Å². The minimum atomic E-state index is -0.233. The number of hydrogen-bond acceptors (Lipinski definition) is 2. The lowest BCUT2D eigenvalue weighted by atomic mass is 9.75. The van der Waals surface area contributed by atoms with Crippen molar-refractivity contribution in [1.29, 1.82) is 5.26 Å². The molecular weight excluding hydrogens is 459 g/mol. The minimum absolute atomic E-state index is 0.233. The molecule has 5 aromatic rings. The smallest absolute Gasteiger partial charge is 0.219 e. The van der Waals surface area contributed by atoms with Crippen LogP contribution in [0.1, 0.15) is 65.3 Å². The van der Waals surface area contributed by atoms with Gasteiger partial charge in [-0.2, -0.15) is 5.26 Å². The van der Waals surface area contributed by atoms with Crippen LogP contribution < -0.4 is 4.57 Å². The summed E-state index contributed by atoms with van der Waals surface area (Å²) in [7, 11) is 1.94. The van der Waals surface area contributed by atoms with Crippen LogP contribution in [-0.2, 0) is 7.05 Å². The molecule has 0 unspecified atom stereocenters. The molecule has 0 spiro atoms. The highest BCUT2D eigenvalue weighted by Gasteiger charge is 2.29. The molecule has 1 aliphatic carbocycles. The molecule has 6 rings (SSSR count). The fourth-order valence-electron chi connectivity index (χ4n) is 6.29. The van der Waals surface area contributed by atoms with E-state index >= 15 is 0 Å². The fourth-order valence-corrected chi connectivity index (χ4v) is 6.29. The number of furan rings is 1. The fraction of sp³-hybridized carbons (Fsp3) is 0.273. The van der Waals surface area contributed by atoms with E-state index in [0.29, 0.717) is 17.0 Å². The molecular formula is C33H30FN2O+. The maximum Gasteiger partial charge on any atom is 0.219 e. The van der Waals surface area contributed by atoms with Crippen molar-refractivity contribution in [2.24, 2.45) is 7.05 Å². The minimum Gasteiger partial charge on any atom is -0.455 e. The number of fused-ring (bicyclic) bond motifs is 3. The lowest BCUT2D eigenvalue weighted by Gasteiger charge is -2.29. The third-order valence-electron chi connectivity index (χ3n) is 8.25. The van der Waals surface area contributed by atoms with Crippen molar-refractivity contribution in [3.8, 4) is 17.3 Å². The van der Waals surface area contributed by atoms with Gasteiger partial charge in [0.2, 0.25) is 5.69 Å². The maximum absolute atomic E-state index is 14.7. The van der Waals surface area contributed by atoms with Gasteiger partial charge in [-0.25, -0.2) is 8.96 Å². The van der Waals surface area contributed by atoms with Gasteiger partial charge in [-0.1, -0.05) is 42.5 Å². The molecule has 4 heteroatoms. The Hall–Kier alpha value is -3.97. The number of aromatic nitrogens is 1. The van der Waals surface area contributed by atoms with Crippen LogP contribution in [-0.4, -0.2) is 0 Å². The van der Waals surface area contributed by atoms with Crippen molar-refractivity contribution in [2.75, 3.05) is 0 Å². The summed E-state index contributed by atoms with van der Waals surface area (Å²) in [6, 6.07) is 22.9. The Bertz CT molecular complexity index is 1690. The molecule has 1 aliphatic rings. The van der Waals surface area contributed by atoms with Gasteiger partial charge in [0, 0.05) is 28.0 Å². The first-order chi connectivity index (χ1) is 18.0. The molecule has 3 aromatic carbocycles. The van der Waals surface area contributed by atoms with Crippen LogP contribution in [0.3, 0.4) is 0 Å². The first kappa shape index (κ1) is 23.4. The van der Waals surface area contributed by atoms with Crippen LogP contribution in [0.15, 0.2) is 71.3 Å². The predicted octanol–water partition coefficient (Wildman–Crippen LogP) is 8.15. The summed E-state index contributed by atoms with van der Waals surface area (Å²) in [5, 5.41) is 12.1. The van der Waals surface area contributed by atoms with Crippen LogP contribution in [0.4, 0.5) is 4.39 Å². The van der Waals surface area contributed by atoms with E-state index in [9.17, 15) is 9.65 Å². The van der Waals surface area contributed by atoms with Gasteiger partial charge in [0.25, 0.3) is 0 Å². The first-order valence-corrected chi connectivity index (χ1v) is 13.1. The number of hydrogen-bond donors (Lipinski definition) is 0. The molecule has 2 heterocycles. The van der Waals surface area contributed by atoms with Crippen molar-refractivity contribution >= 4 is 21.9 Å². The summed E-state index contributed by atoms with van der Waals surface area (Å²) in [6.07, 6.45) is 6.05. The summed E-state index contributed by atoms with van der Waals surface area (Å²) in [5.41, 5.74) is 7.99. The topological polar surface area (TPSA) is 40.8 Å². The normalized spacial score (nSPS) is 17.8. The molecule has 37 heavy (non-hydrogen) atoms. The van der Waals surface area contributed by atoms with Gasteiger partial charge < -0.3 is 4.42 Å². The molecule has 2 aromatic heterocycles. The van der Waals surface area contributed by atoms with Crippen LogP contribution in [0, 0.1) is 31.0 Å². The van der Waals surface area contributed by atoms with E-state index in [0.717, 1.165) is 70.0 Å². The molecule has 184 valence electrons. The van der Waals surface area contributed by atoms with Crippen molar-refractivity contribution in [2.45, 2.75) is 51.4 Å². The highest BCUT2D eigenvalue weighted by Crippen LogP contribution is 2.46. The quantitative estimate of drug-likeness (QED) is 0.240. The van der Waals surface area contributed by atoms with Gasteiger partial charge in [-0.05, 0) is 74.6 Å². The average molecular weight is 490 g/mol. The van der Waals surface area contributed by atoms with E-state index in [-0.39, 0.29) is 11.7 Å². The summed E-state index contributed by atoms with van der Waals surface area (Å²) < 4.78 is 23.3. The van der Waals surface area contributed by atoms with Crippen LogP contribution in [0.5, 0.6) is 0 Å². The maximum atomic E-state index is 14.7. The Kier molecular flexibility index (Phi) is 5.80. The molecule has 1 fully saturated rings. The zero-order valence-corrected chi connectivity index (χ0v) is 21.5. The molecule has 0 aliphatic heterocycles. The highest BCUT2D eigenvalue weighted by atomic mass is 19.1. The van der Waals surface area contributed by atoms with Gasteiger partial charge in [0.15, 0.2) is 6.20 Å². The zero-order chi connectivity index (χ0) is 25.7. The van der Waals surface area contributed by atoms with Gasteiger partial charge in [-0.3, -0.25) is 0 Å². The summed E-state index contributed by atoms with van der Waals surface area (Å²) in [5.74, 6) is 0.600. The third-order valence-corrected chi connectivity index (χ3v) is 8.25. The molecule has 0 radical (unpaired) electrons. The summed E-state index contributed by atoms with van der Waals surface area (Å²) >= 11 is 0. The second-order valence-corrected chi connectivity index (χ2v) is 10.5. The number of aryl methyl sites for hydroxylation is 3. The van der Waals surface area contributed by atoms with Crippen LogP contribution in [0.2, 0.25) is 0 Å². The average Bonchev–Trinajstić information content (AvgIpc) is 3.29. The number of rotatable bonds is 3. The molecule has 0 atom stereocenters. The lowest BCUT2D eigenvalue weighted by molar-refractivity contribution is -0.661. The first-order valence-electron chi connectivity index (χ1n) is 13.1. The van der Waals surface area contributed by atoms with E-state index in [1.54, 1.807) is 13.0 Å². The van der Waals surface area contributed by atoms with Crippen molar-refractivity contribution < 1.29 is 13.4 Å². The SMILES string of the molecule is Cc1c[n+](C)c(-c2c(C)ccc3c2oc2c(C4CCC(c5ccccc5)CC4)c(C#N)ccc23)cc1F. The van der Waals surface area contributed by atoms with E-state index < -0.39 is 0 Å². The van der Waals surface area contributed by atoms with E-state index in [1.165, 1.54) is 5.56 Å². The molecule has 1 saturated carbocycles. The van der Waals surface area contributed by atoms with Gasteiger partial charge >= 0.3 is 0 Å². The Balaban J connectivity index is 1.50. The van der Waals surface area contributed by atoms with Crippen LogP contribution >= 0.6 is 0 Å². The van der Waals surface area contributed by atoms with E-state index in [1.807, 2.05) is 36.9 Å². The number of nitriles is 1. The van der Waals surface area contributed by atoms with Crippen molar-refractivity contribution in [3.63, 3.8) is 0 Å². The Morgan fingerprint density at radius 3 is 2.27 bits per heavy atom. The largest absolute Gasteiger partial charge is 0.455 e. The van der Waals surface area contributed by atoms with E-state index in [2.05, 4.69) is 48.5 Å². The van der Waals surface area contributed by atoms with Gasteiger partial charge in [0.05, 0.1) is 17.2 Å². The van der Waals surface area contributed by atoms with E-state index in [4.69, 9.17) is 4.42 Å². The zero-order valence-electron chi connectivity index (χ0n) is 21.5. The third kappa shape index (κ3) is 3.90. The monoisotopic (exact) mass is 489 g/mol. The highest BCUT2D eigenvalue weighted by molar-refractivity contribution is 6.11. The van der Waals surface area contributed by atoms with Crippen molar-refractivity contribution in [3.05, 3.63) is 100 Å².